The second-order valence-electron chi connectivity index (χ2n) is 8.06. The number of para-hydroxylation sites is 1. The summed E-state index contributed by atoms with van der Waals surface area (Å²) in [6.45, 7) is 2.43. The monoisotopic (exact) mass is 547 g/mol. The van der Waals surface area contributed by atoms with E-state index in [4.69, 9.17) is 44.9 Å². The molecule has 0 aliphatic carbocycles. The number of rotatable bonds is 7. The number of benzene rings is 3. The molecule has 1 aliphatic heterocycles. The third-order valence-corrected chi connectivity index (χ3v) is 6.97. The van der Waals surface area contributed by atoms with E-state index >= 15 is 0 Å². The highest BCUT2D eigenvalue weighted by Crippen LogP contribution is 2.30. The van der Waals surface area contributed by atoms with Crippen LogP contribution in [0.2, 0.25) is 10.0 Å². The molecule has 1 saturated heterocycles. The highest BCUT2D eigenvalue weighted by Gasteiger charge is 2.22. The van der Waals surface area contributed by atoms with E-state index in [1.165, 1.54) is 13.2 Å². The second kappa shape index (κ2) is 11.8. The minimum Gasteiger partial charge on any atom is -0.493 e. The fourth-order valence-corrected chi connectivity index (χ4v) is 4.48. The van der Waals surface area contributed by atoms with Gasteiger partial charge in [-0.05, 0) is 48.5 Å². The fourth-order valence-electron chi connectivity index (χ4n) is 3.88. The van der Waals surface area contributed by atoms with Gasteiger partial charge in [-0.1, -0.05) is 47.6 Å². The number of hydrogen-bond donors (Lipinski definition) is 1. The van der Waals surface area contributed by atoms with Gasteiger partial charge in [0.1, 0.15) is 10.8 Å². The van der Waals surface area contributed by atoms with Crippen LogP contribution in [0.15, 0.2) is 60.7 Å². The summed E-state index contributed by atoms with van der Waals surface area (Å²) in [6.07, 6.45) is 0. The van der Waals surface area contributed by atoms with Gasteiger partial charge in [0.05, 0.1) is 22.8 Å². The Bertz CT molecular complexity index is 1270. The summed E-state index contributed by atoms with van der Waals surface area (Å²) in [5.41, 5.74) is 1.92. The third-order valence-electron chi connectivity index (χ3n) is 5.73. The van der Waals surface area contributed by atoms with Crippen molar-refractivity contribution in [1.82, 2.24) is 4.90 Å². The van der Waals surface area contributed by atoms with E-state index in [0.717, 1.165) is 5.56 Å². The standard InChI is InChI=1S/C26H24Cl2FN3O3S/c1-34-24-14-17(26(36)32-12-10-31(11-13-32)22-5-3-2-4-21(22)29)6-9-23(24)35-16-25(33)30-18-7-8-19(27)20(28)15-18/h2-9,14-15H,10-13,16H2,1H3,(H,30,33). The lowest BCUT2D eigenvalue weighted by molar-refractivity contribution is -0.118. The van der Waals surface area contributed by atoms with Crippen LogP contribution < -0.4 is 19.7 Å². The molecule has 36 heavy (non-hydrogen) atoms. The Morgan fingerprint density at radius 1 is 1.00 bits per heavy atom. The minimum atomic E-state index is -0.359. The van der Waals surface area contributed by atoms with E-state index in [1.54, 1.807) is 42.5 Å². The largest absolute Gasteiger partial charge is 0.493 e. The quantitative estimate of drug-likeness (QED) is 0.385. The number of piperazine rings is 1. The van der Waals surface area contributed by atoms with E-state index < -0.39 is 0 Å². The molecule has 1 aliphatic rings. The first-order valence-corrected chi connectivity index (χ1v) is 12.4. The van der Waals surface area contributed by atoms with Gasteiger partial charge in [0.25, 0.3) is 5.91 Å². The lowest BCUT2D eigenvalue weighted by Crippen LogP contribution is -2.48. The zero-order valence-electron chi connectivity index (χ0n) is 19.5. The molecule has 1 heterocycles. The maximum absolute atomic E-state index is 14.1. The van der Waals surface area contributed by atoms with Crippen LogP contribution in [0, 0.1) is 5.82 Å². The number of nitrogens with zero attached hydrogens (tertiary/aromatic N) is 2. The van der Waals surface area contributed by atoms with Crippen LogP contribution in [0.5, 0.6) is 11.5 Å². The molecule has 1 N–H and O–H groups in total. The van der Waals surface area contributed by atoms with E-state index in [2.05, 4.69) is 10.2 Å². The number of methoxy groups -OCH3 is 1. The van der Waals surface area contributed by atoms with Gasteiger partial charge in [0.2, 0.25) is 0 Å². The summed E-state index contributed by atoms with van der Waals surface area (Å²) >= 11 is 17.6. The Kier molecular flexibility index (Phi) is 8.51. The number of nitrogens with one attached hydrogen (secondary N) is 1. The fraction of sp³-hybridized carbons (Fsp3) is 0.231. The molecule has 10 heteroatoms. The van der Waals surface area contributed by atoms with Crippen molar-refractivity contribution in [3.8, 4) is 11.5 Å². The number of anilines is 2. The summed E-state index contributed by atoms with van der Waals surface area (Å²) in [4.78, 5) is 17.1. The number of hydrogen-bond acceptors (Lipinski definition) is 5. The van der Waals surface area contributed by atoms with Gasteiger partial charge in [-0.25, -0.2) is 4.39 Å². The molecule has 0 saturated carbocycles. The first-order chi connectivity index (χ1) is 17.4. The van der Waals surface area contributed by atoms with Crippen molar-refractivity contribution >= 4 is 57.7 Å². The van der Waals surface area contributed by atoms with Gasteiger partial charge in [0, 0.05) is 37.4 Å². The summed E-state index contributed by atoms with van der Waals surface area (Å²) in [5, 5.41) is 3.45. The van der Waals surface area contributed by atoms with Crippen LogP contribution in [0.25, 0.3) is 0 Å². The molecule has 0 atom stereocenters. The Morgan fingerprint density at radius 3 is 2.44 bits per heavy atom. The van der Waals surface area contributed by atoms with E-state index in [-0.39, 0.29) is 18.3 Å². The number of amides is 1. The SMILES string of the molecule is COc1cc(C(=S)N2CCN(c3ccccc3F)CC2)ccc1OCC(=O)Nc1ccc(Cl)c(Cl)c1. The maximum Gasteiger partial charge on any atom is 0.262 e. The van der Waals surface area contributed by atoms with E-state index in [9.17, 15) is 9.18 Å². The Hall–Kier alpha value is -3.07. The summed E-state index contributed by atoms with van der Waals surface area (Å²) in [6, 6.07) is 16.9. The molecule has 188 valence electrons. The van der Waals surface area contributed by atoms with Crippen molar-refractivity contribution in [3.63, 3.8) is 0 Å². The van der Waals surface area contributed by atoms with Crippen LogP contribution in [0.3, 0.4) is 0 Å². The number of halogens is 3. The van der Waals surface area contributed by atoms with Crippen molar-refractivity contribution in [2.24, 2.45) is 0 Å². The number of carbonyl (C=O) groups excluding carboxylic acids is 1. The van der Waals surface area contributed by atoms with Gasteiger partial charge in [-0.15, -0.1) is 0 Å². The molecule has 0 unspecified atom stereocenters. The van der Waals surface area contributed by atoms with Gasteiger partial charge in [-0.2, -0.15) is 0 Å². The molecule has 1 amide bonds. The van der Waals surface area contributed by atoms with E-state index in [1.807, 2.05) is 17.0 Å². The van der Waals surface area contributed by atoms with Crippen LogP contribution in [-0.2, 0) is 4.79 Å². The molecule has 6 nitrogen and oxygen atoms in total. The summed E-state index contributed by atoms with van der Waals surface area (Å²) in [5.74, 6) is 0.294. The molecular weight excluding hydrogens is 524 g/mol. The molecule has 3 aromatic rings. The Morgan fingerprint density at radius 2 is 1.75 bits per heavy atom. The number of carbonyl (C=O) groups is 1. The van der Waals surface area contributed by atoms with Gasteiger partial charge in [0.15, 0.2) is 18.1 Å². The summed E-state index contributed by atoms with van der Waals surface area (Å²) < 4.78 is 25.3. The second-order valence-corrected chi connectivity index (χ2v) is 9.26. The highest BCUT2D eigenvalue weighted by atomic mass is 35.5. The molecule has 0 radical (unpaired) electrons. The van der Waals surface area contributed by atoms with Crippen molar-refractivity contribution in [1.29, 1.82) is 0 Å². The zero-order chi connectivity index (χ0) is 25.7. The molecule has 0 bridgehead atoms. The summed E-state index contributed by atoms with van der Waals surface area (Å²) in [7, 11) is 1.53. The number of ether oxygens (including phenoxy) is 2. The number of thiocarbonyl (C=S) groups is 1. The smallest absolute Gasteiger partial charge is 0.262 e. The molecular formula is C26H24Cl2FN3O3S. The topological polar surface area (TPSA) is 54.0 Å². The van der Waals surface area contributed by atoms with Gasteiger partial charge >= 0.3 is 0 Å². The van der Waals surface area contributed by atoms with Gasteiger partial charge < -0.3 is 24.6 Å². The first kappa shape index (κ1) is 26.0. The normalized spacial score (nSPS) is 13.3. The lowest BCUT2D eigenvalue weighted by atomic mass is 10.1. The van der Waals surface area contributed by atoms with Crippen molar-refractivity contribution in [2.45, 2.75) is 0 Å². The third kappa shape index (κ3) is 6.19. The predicted octanol–water partition coefficient (Wildman–Crippen LogP) is 5.66. The minimum absolute atomic E-state index is 0.223. The Labute approximate surface area is 224 Å². The van der Waals surface area contributed by atoms with Crippen LogP contribution in [0.1, 0.15) is 5.56 Å². The van der Waals surface area contributed by atoms with Crippen molar-refractivity contribution in [2.75, 3.05) is 50.1 Å². The lowest BCUT2D eigenvalue weighted by Gasteiger charge is -2.37. The predicted molar refractivity (Wildman–Crippen MR) is 145 cm³/mol. The molecule has 0 aromatic heterocycles. The molecule has 3 aromatic carbocycles. The maximum atomic E-state index is 14.1. The first-order valence-electron chi connectivity index (χ1n) is 11.2. The van der Waals surface area contributed by atoms with Crippen molar-refractivity contribution in [3.05, 3.63) is 82.1 Å². The van der Waals surface area contributed by atoms with Crippen LogP contribution >= 0.6 is 35.4 Å². The average Bonchev–Trinajstić information content (AvgIpc) is 2.89. The van der Waals surface area contributed by atoms with Crippen LogP contribution in [-0.4, -0.2) is 55.7 Å². The molecule has 1 fully saturated rings. The molecule has 0 spiro atoms. The van der Waals surface area contributed by atoms with E-state index in [0.29, 0.717) is 64.1 Å². The Balaban J connectivity index is 1.34. The van der Waals surface area contributed by atoms with Crippen molar-refractivity contribution < 1.29 is 18.7 Å². The highest BCUT2D eigenvalue weighted by molar-refractivity contribution is 7.80. The molecule has 4 rings (SSSR count). The van der Waals surface area contributed by atoms with Crippen LogP contribution in [0.4, 0.5) is 15.8 Å². The zero-order valence-corrected chi connectivity index (χ0v) is 21.8. The van der Waals surface area contributed by atoms with Gasteiger partial charge in [-0.3, -0.25) is 4.79 Å². The average molecular weight is 548 g/mol.